The van der Waals surface area contributed by atoms with Crippen molar-refractivity contribution in [1.29, 1.82) is 0 Å². The largest absolute Gasteiger partial charge is 0.490 e. The zero-order valence-corrected chi connectivity index (χ0v) is 9.53. The van der Waals surface area contributed by atoms with Crippen molar-refractivity contribution in [2.75, 3.05) is 13.1 Å². The van der Waals surface area contributed by atoms with E-state index in [2.05, 4.69) is 5.32 Å². The van der Waals surface area contributed by atoms with Gasteiger partial charge in [-0.25, -0.2) is 0 Å². The second-order valence-corrected chi connectivity index (χ2v) is 4.20. The molecule has 1 heterocycles. The number of carbonyl (C=O) groups is 1. The fourth-order valence-corrected chi connectivity index (χ4v) is 1.92. The SMILES string of the molecule is Cc1ccc(OC2CCNCC2)cc1C=O. The molecule has 0 atom stereocenters. The first kappa shape index (κ1) is 11.1. The summed E-state index contributed by atoms with van der Waals surface area (Å²) in [4.78, 5) is 10.8. The predicted octanol–water partition coefficient (Wildman–Crippen LogP) is 1.94. The lowest BCUT2D eigenvalue weighted by Gasteiger charge is -2.24. The lowest BCUT2D eigenvalue weighted by atomic mass is 10.1. The first-order chi connectivity index (χ1) is 7.79. The first-order valence-corrected chi connectivity index (χ1v) is 5.73. The monoisotopic (exact) mass is 219 g/mol. The zero-order valence-electron chi connectivity index (χ0n) is 9.53. The van der Waals surface area contributed by atoms with E-state index < -0.39 is 0 Å². The Labute approximate surface area is 95.8 Å². The molecule has 0 aliphatic carbocycles. The number of hydrogen-bond acceptors (Lipinski definition) is 3. The second kappa shape index (κ2) is 5.12. The number of benzene rings is 1. The minimum Gasteiger partial charge on any atom is -0.490 e. The first-order valence-electron chi connectivity index (χ1n) is 5.73. The van der Waals surface area contributed by atoms with E-state index in [1.54, 1.807) is 0 Å². The van der Waals surface area contributed by atoms with Crippen LogP contribution in [0.5, 0.6) is 5.75 Å². The molecule has 1 aromatic rings. The van der Waals surface area contributed by atoms with Crippen molar-refractivity contribution in [3.8, 4) is 5.75 Å². The fraction of sp³-hybridized carbons (Fsp3) is 0.462. The molecule has 3 heteroatoms. The van der Waals surface area contributed by atoms with Gasteiger partial charge in [0.1, 0.15) is 18.1 Å². The van der Waals surface area contributed by atoms with Crippen LogP contribution >= 0.6 is 0 Å². The highest BCUT2D eigenvalue weighted by Gasteiger charge is 2.14. The third-order valence-electron chi connectivity index (χ3n) is 2.97. The summed E-state index contributed by atoms with van der Waals surface area (Å²) in [6.07, 6.45) is 3.22. The van der Waals surface area contributed by atoms with Gasteiger partial charge in [0.05, 0.1) is 0 Å². The van der Waals surface area contributed by atoms with Crippen LogP contribution in [0.25, 0.3) is 0 Å². The molecule has 86 valence electrons. The highest BCUT2D eigenvalue weighted by atomic mass is 16.5. The van der Waals surface area contributed by atoms with Gasteiger partial charge in [0, 0.05) is 5.56 Å². The van der Waals surface area contributed by atoms with Crippen LogP contribution in [-0.4, -0.2) is 25.5 Å². The third kappa shape index (κ3) is 2.61. The van der Waals surface area contributed by atoms with E-state index in [9.17, 15) is 4.79 Å². The Morgan fingerprint density at radius 3 is 2.81 bits per heavy atom. The molecule has 1 aromatic carbocycles. The maximum absolute atomic E-state index is 10.8. The van der Waals surface area contributed by atoms with Crippen molar-refractivity contribution < 1.29 is 9.53 Å². The minimum atomic E-state index is 0.281. The van der Waals surface area contributed by atoms with Gasteiger partial charge in [-0.3, -0.25) is 4.79 Å². The summed E-state index contributed by atoms with van der Waals surface area (Å²) in [5.74, 6) is 0.805. The van der Waals surface area contributed by atoms with Crippen molar-refractivity contribution in [2.45, 2.75) is 25.9 Å². The summed E-state index contributed by atoms with van der Waals surface area (Å²) < 4.78 is 5.85. The Morgan fingerprint density at radius 1 is 1.38 bits per heavy atom. The standard InChI is InChI=1S/C13H17NO2/c1-10-2-3-13(8-11(10)9-15)16-12-4-6-14-7-5-12/h2-3,8-9,12,14H,4-7H2,1H3. The number of hydrogen-bond donors (Lipinski definition) is 1. The fourth-order valence-electron chi connectivity index (χ4n) is 1.92. The molecule has 1 aliphatic heterocycles. The summed E-state index contributed by atoms with van der Waals surface area (Å²) in [7, 11) is 0. The van der Waals surface area contributed by atoms with Gasteiger partial charge in [-0.2, -0.15) is 0 Å². The molecule has 0 unspecified atom stereocenters. The van der Waals surface area contributed by atoms with E-state index >= 15 is 0 Å². The van der Waals surface area contributed by atoms with Crippen LogP contribution < -0.4 is 10.1 Å². The zero-order chi connectivity index (χ0) is 11.4. The summed E-state index contributed by atoms with van der Waals surface area (Å²) in [5, 5.41) is 3.30. The lowest BCUT2D eigenvalue weighted by Crippen LogP contribution is -2.34. The van der Waals surface area contributed by atoms with Crippen molar-refractivity contribution in [1.82, 2.24) is 5.32 Å². The number of piperidine rings is 1. The number of carbonyl (C=O) groups excluding carboxylic acids is 1. The number of rotatable bonds is 3. The predicted molar refractivity (Wildman–Crippen MR) is 63.1 cm³/mol. The molecule has 16 heavy (non-hydrogen) atoms. The van der Waals surface area contributed by atoms with Crippen LogP contribution in [0.4, 0.5) is 0 Å². The maximum Gasteiger partial charge on any atom is 0.150 e. The van der Waals surface area contributed by atoms with E-state index in [0.29, 0.717) is 5.56 Å². The van der Waals surface area contributed by atoms with Gasteiger partial charge in [-0.1, -0.05) is 6.07 Å². The van der Waals surface area contributed by atoms with Gasteiger partial charge in [0.25, 0.3) is 0 Å². The Bertz CT molecular complexity index is 370. The summed E-state index contributed by atoms with van der Waals surface area (Å²) in [5.41, 5.74) is 1.71. The van der Waals surface area contributed by atoms with Crippen LogP contribution in [0.1, 0.15) is 28.8 Å². The number of ether oxygens (including phenoxy) is 1. The molecule has 3 nitrogen and oxygen atoms in total. The topological polar surface area (TPSA) is 38.3 Å². The van der Waals surface area contributed by atoms with E-state index in [-0.39, 0.29) is 6.10 Å². The minimum absolute atomic E-state index is 0.281. The van der Waals surface area contributed by atoms with Crippen molar-refractivity contribution in [2.24, 2.45) is 0 Å². The molecule has 0 amide bonds. The lowest BCUT2D eigenvalue weighted by molar-refractivity contribution is 0.112. The molecule has 1 saturated heterocycles. The van der Waals surface area contributed by atoms with Crippen LogP contribution in [0.15, 0.2) is 18.2 Å². The molecule has 1 aliphatic rings. The average molecular weight is 219 g/mol. The molecule has 0 radical (unpaired) electrons. The van der Waals surface area contributed by atoms with Gasteiger partial charge in [0.15, 0.2) is 0 Å². The van der Waals surface area contributed by atoms with E-state index in [4.69, 9.17) is 4.74 Å². The summed E-state index contributed by atoms with van der Waals surface area (Å²) >= 11 is 0. The molecule has 0 aromatic heterocycles. The number of aldehydes is 1. The molecule has 0 bridgehead atoms. The maximum atomic E-state index is 10.8. The van der Waals surface area contributed by atoms with Crippen molar-refractivity contribution >= 4 is 6.29 Å². The number of nitrogens with one attached hydrogen (secondary N) is 1. The van der Waals surface area contributed by atoms with Gasteiger partial charge in [-0.15, -0.1) is 0 Å². The Kier molecular flexibility index (Phi) is 3.57. The van der Waals surface area contributed by atoms with E-state index in [1.807, 2.05) is 25.1 Å². The van der Waals surface area contributed by atoms with Crippen molar-refractivity contribution in [3.05, 3.63) is 29.3 Å². The van der Waals surface area contributed by atoms with Crippen LogP contribution in [0.2, 0.25) is 0 Å². The molecule has 0 spiro atoms. The van der Waals surface area contributed by atoms with E-state index in [0.717, 1.165) is 43.5 Å². The van der Waals surface area contributed by atoms with Crippen LogP contribution in [0, 0.1) is 6.92 Å². The molecule has 2 rings (SSSR count). The highest BCUT2D eigenvalue weighted by molar-refractivity contribution is 5.77. The molecule has 0 saturated carbocycles. The van der Waals surface area contributed by atoms with Gasteiger partial charge < -0.3 is 10.1 Å². The highest BCUT2D eigenvalue weighted by Crippen LogP contribution is 2.19. The Balaban J connectivity index is 2.05. The van der Waals surface area contributed by atoms with Crippen molar-refractivity contribution in [3.63, 3.8) is 0 Å². The Hall–Kier alpha value is -1.35. The molecule has 1 N–H and O–H groups in total. The molecule has 1 fully saturated rings. The average Bonchev–Trinajstić information content (AvgIpc) is 2.33. The summed E-state index contributed by atoms with van der Waals surface area (Å²) in [6, 6.07) is 5.69. The second-order valence-electron chi connectivity index (χ2n) is 4.20. The Morgan fingerprint density at radius 2 is 2.12 bits per heavy atom. The smallest absolute Gasteiger partial charge is 0.150 e. The van der Waals surface area contributed by atoms with Gasteiger partial charge in [0.2, 0.25) is 0 Å². The quantitative estimate of drug-likeness (QED) is 0.789. The van der Waals surface area contributed by atoms with Crippen LogP contribution in [-0.2, 0) is 0 Å². The van der Waals surface area contributed by atoms with E-state index in [1.165, 1.54) is 0 Å². The molecular weight excluding hydrogens is 202 g/mol. The number of aryl methyl sites for hydroxylation is 1. The summed E-state index contributed by atoms with van der Waals surface area (Å²) in [6.45, 7) is 3.95. The normalized spacial score (nSPS) is 17.1. The van der Waals surface area contributed by atoms with Gasteiger partial charge in [-0.05, 0) is 50.6 Å². The van der Waals surface area contributed by atoms with Gasteiger partial charge >= 0.3 is 0 Å². The van der Waals surface area contributed by atoms with Crippen LogP contribution in [0.3, 0.4) is 0 Å². The molecular formula is C13H17NO2. The third-order valence-corrected chi connectivity index (χ3v) is 2.97.